The van der Waals surface area contributed by atoms with Crippen molar-refractivity contribution in [3.8, 4) is 0 Å². The molecule has 0 unspecified atom stereocenters. The maximum absolute atomic E-state index is 12.6. The quantitative estimate of drug-likeness (QED) is 0.437. The topological polar surface area (TPSA) is 26.3 Å². The lowest BCUT2D eigenvalue weighted by molar-refractivity contribution is -0.131. The van der Waals surface area contributed by atoms with Gasteiger partial charge in [-0.25, -0.2) is 4.79 Å². The fraction of sp³-hybridized carbons (Fsp3) is 0.850. The number of rotatable bonds is 5. The van der Waals surface area contributed by atoms with Crippen molar-refractivity contribution < 1.29 is 9.22 Å². The molecule has 3 aliphatic rings. The molecule has 3 saturated carbocycles. The molecule has 0 heterocycles. The van der Waals surface area contributed by atoms with Crippen LogP contribution in [-0.4, -0.2) is 14.3 Å². The molecule has 0 saturated heterocycles. The third-order valence-corrected chi connectivity index (χ3v) is 12.9. The van der Waals surface area contributed by atoms with Crippen LogP contribution in [0, 0.1) is 0 Å². The van der Waals surface area contributed by atoms with Gasteiger partial charge in [0.15, 0.2) is 0 Å². The molecule has 3 fully saturated rings. The average molecular weight is 335 g/mol. The minimum atomic E-state index is -2.06. The van der Waals surface area contributed by atoms with Crippen LogP contribution in [-0.2, 0) is 9.22 Å². The van der Waals surface area contributed by atoms with Crippen molar-refractivity contribution in [2.45, 2.75) is 107 Å². The lowest BCUT2D eigenvalue weighted by Crippen LogP contribution is -2.53. The predicted molar refractivity (Wildman–Crippen MR) is 97.9 cm³/mol. The Morgan fingerprint density at radius 1 is 0.783 bits per heavy atom. The molecule has 0 atom stereocenters. The highest BCUT2D eigenvalue weighted by Gasteiger charge is 2.58. The van der Waals surface area contributed by atoms with Gasteiger partial charge in [-0.1, -0.05) is 51.5 Å². The molecule has 3 aliphatic carbocycles. The Hall–Kier alpha value is -0.573. The Morgan fingerprint density at radius 3 is 1.48 bits per heavy atom. The highest BCUT2D eigenvalue weighted by atomic mass is 28.4. The largest absolute Gasteiger partial charge is 0.515 e. The summed E-state index contributed by atoms with van der Waals surface area (Å²) in [6, 6.07) is 0. The van der Waals surface area contributed by atoms with E-state index < -0.39 is 8.32 Å². The Labute approximate surface area is 143 Å². The molecule has 3 heteroatoms. The van der Waals surface area contributed by atoms with E-state index in [9.17, 15) is 4.79 Å². The van der Waals surface area contributed by atoms with Gasteiger partial charge in [0.05, 0.1) is 0 Å². The van der Waals surface area contributed by atoms with Gasteiger partial charge in [0.2, 0.25) is 0 Å². The highest BCUT2D eigenvalue weighted by molar-refractivity contribution is 6.79. The maximum Gasteiger partial charge on any atom is 0.319 e. The Kier molecular flexibility index (Phi) is 5.66. The molecule has 0 aromatic heterocycles. The van der Waals surface area contributed by atoms with Gasteiger partial charge in [-0.2, -0.15) is 0 Å². The van der Waals surface area contributed by atoms with E-state index in [0.717, 1.165) is 16.6 Å². The molecule has 0 radical (unpaired) electrons. The second-order valence-electron chi connectivity index (χ2n) is 8.32. The van der Waals surface area contributed by atoms with Crippen molar-refractivity contribution in [3.63, 3.8) is 0 Å². The van der Waals surface area contributed by atoms with Gasteiger partial charge in [-0.05, 0) is 62.1 Å². The van der Waals surface area contributed by atoms with E-state index in [1.165, 1.54) is 83.5 Å². The van der Waals surface area contributed by atoms with Crippen LogP contribution >= 0.6 is 0 Å². The van der Waals surface area contributed by atoms with Crippen molar-refractivity contribution in [1.82, 2.24) is 0 Å². The summed E-state index contributed by atoms with van der Waals surface area (Å²) in [5.41, 5.74) is 2.80. The van der Waals surface area contributed by atoms with Crippen LogP contribution in [0.2, 0.25) is 16.6 Å². The monoisotopic (exact) mass is 334 g/mol. The zero-order valence-electron chi connectivity index (χ0n) is 14.9. The molecule has 0 bridgehead atoms. The molecule has 3 rings (SSSR count). The van der Waals surface area contributed by atoms with Crippen LogP contribution in [0.5, 0.6) is 0 Å². The van der Waals surface area contributed by atoms with E-state index in [2.05, 4.69) is 6.58 Å². The van der Waals surface area contributed by atoms with Crippen LogP contribution in [0.1, 0.15) is 90.4 Å². The second-order valence-corrected chi connectivity index (χ2v) is 12.7. The zero-order chi connectivity index (χ0) is 16.3. The third-order valence-electron chi connectivity index (χ3n) is 6.85. The van der Waals surface area contributed by atoms with Gasteiger partial charge in [0, 0.05) is 5.57 Å². The summed E-state index contributed by atoms with van der Waals surface area (Å²) in [6.45, 7) is 5.71. The number of hydrogen-bond donors (Lipinski definition) is 0. The molecule has 0 spiro atoms. The smallest absolute Gasteiger partial charge is 0.319 e. The van der Waals surface area contributed by atoms with Gasteiger partial charge in [-0.15, -0.1) is 0 Å². The van der Waals surface area contributed by atoms with Crippen LogP contribution < -0.4 is 0 Å². The Bertz CT molecular complexity index is 411. The third kappa shape index (κ3) is 3.45. The van der Waals surface area contributed by atoms with Crippen molar-refractivity contribution >= 4 is 14.3 Å². The second kappa shape index (κ2) is 7.54. The normalized spacial score (nSPS) is 24.9. The lowest BCUT2D eigenvalue weighted by Gasteiger charge is -2.47. The summed E-state index contributed by atoms with van der Waals surface area (Å²) in [6.07, 6.45) is 17.4. The van der Waals surface area contributed by atoms with Crippen LogP contribution in [0.3, 0.4) is 0 Å². The Morgan fingerprint density at radius 2 is 1.13 bits per heavy atom. The van der Waals surface area contributed by atoms with Gasteiger partial charge in [0.25, 0.3) is 8.32 Å². The minimum Gasteiger partial charge on any atom is -0.515 e. The van der Waals surface area contributed by atoms with Crippen molar-refractivity contribution in [2.75, 3.05) is 0 Å². The molecule has 130 valence electrons. The average Bonchev–Trinajstić information content (AvgIpc) is 3.27. The predicted octanol–water partition coefficient (Wildman–Crippen LogP) is 6.27. The maximum atomic E-state index is 12.6. The van der Waals surface area contributed by atoms with Gasteiger partial charge in [0.1, 0.15) is 0 Å². The first-order valence-corrected chi connectivity index (χ1v) is 12.2. The molecule has 0 aromatic carbocycles. The molecule has 0 aliphatic heterocycles. The first kappa shape index (κ1) is 17.3. The standard InChI is InChI=1S/C20H34O2Si/c1-16(2)20(21)22-23(18-12-6-7-13-18,19-14-8-9-15-19)17-10-4-3-5-11-17/h17-19H,1,3-15H2,2H3. The zero-order valence-corrected chi connectivity index (χ0v) is 15.9. The van der Waals surface area contributed by atoms with E-state index >= 15 is 0 Å². The summed E-state index contributed by atoms with van der Waals surface area (Å²) < 4.78 is 6.61. The first-order chi connectivity index (χ1) is 11.1. The van der Waals surface area contributed by atoms with Crippen LogP contribution in [0.15, 0.2) is 12.2 Å². The van der Waals surface area contributed by atoms with Crippen molar-refractivity contribution in [2.24, 2.45) is 0 Å². The summed E-state index contributed by atoms with van der Waals surface area (Å²) in [4.78, 5) is 12.6. The summed E-state index contributed by atoms with van der Waals surface area (Å²) in [5, 5.41) is 0. The fourth-order valence-electron chi connectivity index (χ4n) is 5.81. The minimum absolute atomic E-state index is 0.0685. The molecule has 2 nitrogen and oxygen atoms in total. The molecule has 23 heavy (non-hydrogen) atoms. The lowest BCUT2D eigenvalue weighted by atomic mass is 10.0. The van der Waals surface area contributed by atoms with Crippen LogP contribution in [0.4, 0.5) is 0 Å². The van der Waals surface area contributed by atoms with Gasteiger partial charge < -0.3 is 4.43 Å². The summed E-state index contributed by atoms with van der Waals surface area (Å²) in [7, 11) is -2.06. The van der Waals surface area contributed by atoms with Crippen molar-refractivity contribution in [1.29, 1.82) is 0 Å². The summed E-state index contributed by atoms with van der Waals surface area (Å²) >= 11 is 0. The Balaban J connectivity index is 1.95. The van der Waals surface area contributed by atoms with Crippen LogP contribution in [0.25, 0.3) is 0 Å². The number of carbonyl (C=O) groups is 1. The molecule has 0 N–H and O–H groups in total. The van der Waals surface area contributed by atoms with E-state index in [0.29, 0.717) is 5.57 Å². The fourth-order valence-corrected chi connectivity index (χ4v) is 12.7. The highest BCUT2D eigenvalue weighted by Crippen LogP contribution is 2.58. The van der Waals surface area contributed by atoms with Gasteiger partial charge in [-0.3, -0.25) is 0 Å². The van der Waals surface area contributed by atoms with E-state index in [-0.39, 0.29) is 5.97 Å². The SMILES string of the molecule is C=C(C)C(=O)O[Si](C1CCCCC1)(C1CCCC1)C1CCCC1. The van der Waals surface area contributed by atoms with E-state index in [4.69, 9.17) is 4.43 Å². The molecular formula is C20H34O2Si. The van der Waals surface area contributed by atoms with E-state index in [1.54, 1.807) is 0 Å². The van der Waals surface area contributed by atoms with E-state index in [1.807, 2.05) is 6.92 Å². The summed E-state index contributed by atoms with van der Waals surface area (Å²) in [5.74, 6) is -0.0685. The molecule has 0 amide bonds. The molecular weight excluding hydrogens is 300 g/mol. The van der Waals surface area contributed by atoms with Gasteiger partial charge >= 0.3 is 5.97 Å². The first-order valence-electron chi connectivity index (χ1n) is 10.0. The number of carbonyl (C=O) groups excluding carboxylic acids is 1. The molecule has 0 aromatic rings. The number of hydrogen-bond acceptors (Lipinski definition) is 2. The van der Waals surface area contributed by atoms with Crippen molar-refractivity contribution in [3.05, 3.63) is 12.2 Å².